The Balaban J connectivity index is -0.000000130. The Labute approximate surface area is 170 Å². The average Bonchev–Trinajstić information content (AvgIpc) is 2.50. The van der Waals surface area contributed by atoms with Crippen LogP contribution in [0.1, 0.15) is 0 Å². The van der Waals surface area contributed by atoms with Crippen LogP contribution in [-0.4, -0.2) is 52.0 Å². The highest BCUT2D eigenvalue weighted by atomic mass is 36.0. The number of rotatable bonds is 4. The topological polar surface area (TPSA) is 124 Å². The van der Waals surface area contributed by atoms with Crippen molar-refractivity contribution in [2.45, 2.75) is 0 Å². The van der Waals surface area contributed by atoms with Crippen LogP contribution >= 0.6 is 56.2 Å². The number of hydrogen-bond acceptors (Lipinski definition) is 7. The van der Waals surface area contributed by atoms with E-state index in [9.17, 15) is 19.2 Å². The lowest BCUT2D eigenvalue weighted by Crippen LogP contribution is -1.96. The summed E-state index contributed by atoms with van der Waals surface area (Å²) in [6.45, 7) is 0. The van der Waals surface area contributed by atoms with Crippen LogP contribution in [0, 0.1) is 0 Å². The van der Waals surface area contributed by atoms with E-state index in [0.29, 0.717) is 6.08 Å². The van der Waals surface area contributed by atoms with Gasteiger partial charge in [0.05, 0.1) is 19.6 Å². The number of halogens is 5. The van der Waals surface area contributed by atoms with Crippen LogP contribution < -0.4 is 0 Å². The first-order valence-electron chi connectivity index (χ1n) is 5.28. The Kier molecular flexibility index (Phi) is 32.4. The first-order chi connectivity index (χ1) is 11.5. The Morgan fingerprint density at radius 3 is 1.40 bits per heavy atom. The molecule has 0 saturated heterocycles. The molecule has 0 aliphatic carbocycles. The molecule has 0 aliphatic heterocycles. The van der Waals surface area contributed by atoms with Gasteiger partial charge in [-0.05, 0) is 11.6 Å². The fraction of sp³-hybridized carbons (Fsp3) is 0.273. The monoisotopic (exact) mass is 480 g/mol. The summed E-state index contributed by atoms with van der Waals surface area (Å²) in [6.07, 6.45) is 3.43. The minimum Gasteiger partial charge on any atom is -0.478 e. The standard InChI is InChI=1S/C5H5ClO3.C5H6O4.CH2Cl2.Cl2OS/c2*1-9-5(8)3-2-4(6)7;2-1-3;1-4(2)3/h2-3H,1H3;2-3H,1H3,(H,6,7);1H2;/b2*3-2+;;. The number of ether oxygens (including phenoxy) is 2. The second-order valence-corrected chi connectivity index (χ2v) is 6.35. The highest BCUT2D eigenvalue weighted by Gasteiger charge is 1.92. The van der Waals surface area contributed by atoms with Gasteiger partial charge in [-0.15, -0.1) is 23.2 Å². The molecule has 0 heterocycles. The number of allylic oxidation sites excluding steroid dienone is 1. The summed E-state index contributed by atoms with van der Waals surface area (Å²) < 4.78 is 17.4. The summed E-state index contributed by atoms with van der Waals surface area (Å²) in [5.41, 5.74) is 0. The van der Waals surface area contributed by atoms with Gasteiger partial charge < -0.3 is 14.6 Å². The smallest absolute Gasteiger partial charge is 0.330 e. The van der Waals surface area contributed by atoms with Crippen molar-refractivity contribution in [2.75, 3.05) is 19.6 Å². The van der Waals surface area contributed by atoms with Gasteiger partial charge in [0, 0.05) is 45.7 Å². The molecule has 0 aromatic heterocycles. The summed E-state index contributed by atoms with van der Waals surface area (Å²) in [5, 5.41) is 7.46. The van der Waals surface area contributed by atoms with Gasteiger partial charge in [0.1, 0.15) is 0 Å². The highest BCUT2D eigenvalue weighted by molar-refractivity contribution is 8.26. The SMILES string of the molecule is COC(=O)/C=C/C(=O)Cl.COC(=O)/C=C/C(=O)O.ClCCl.O=S(Cl)Cl. The molecule has 0 amide bonds. The van der Waals surface area contributed by atoms with E-state index >= 15 is 0 Å². The van der Waals surface area contributed by atoms with Crippen molar-refractivity contribution in [2.24, 2.45) is 0 Å². The van der Waals surface area contributed by atoms with Crippen molar-refractivity contribution >= 4 is 88.5 Å². The summed E-state index contributed by atoms with van der Waals surface area (Å²) in [7, 11) is 9.75. The van der Waals surface area contributed by atoms with Gasteiger partial charge in [-0.3, -0.25) is 4.79 Å². The summed E-state index contributed by atoms with van der Waals surface area (Å²) in [6, 6.07) is 0. The number of carboxylic acids is 1. The van der Waals surface area contributed by atoms with E-state index < -0.39 is 32.4 Å². The lowest BCUT2D eigenvalue weighted by Gasteiger charge is -1.85. The molecule has 0 aromatic rings. The third kappa shape index (κ3) is 59.9. The zero-order valence-corrected chi connectivity index (χ0v) is 17.2. The molecule has 8 nitrogen and oxygen atoms in total. The van der Waals surface area contributed by atoms with E-state index in [1.54, 1.807) is 0 Å². The van der Waals surface area contributed by atoms with Crippen LogP contribution in [0.25, 0.3) is 0 Å². The van der Waals surface area contributed by atoms with Crippen molar-refractivity contribution in [3.8, 4) is 0 Å². The van der Waals surface area contributed by atoms with Crippen LogP contribution in [0.2, 0.25) is 0 Å². The van der Waals surface area contributed by atoms with Crippen LogP contribution in [-0.2, 0) is 37.9 Å². The van der Waals surface area contributed by atoms with Crippen LogP contribution in [0.15, 0.2) is 24.3 Å². The molecule has 0 aromatic carbocycles. The Morgan fingerprint density at radius 2 is 1.20 bits per heavy atom. The molecule has 0 spiro atoms. The molecule has 0 fully saturated rings. The number of methoxy groups -OCH3 is 2. The molecule has 14 heteroatoms. The van der Waals surface area contributed by atoms with Gasteiger partial charge in [0.2, 0.25) is 14.5 Å². The fourth-order valence-electron chi connectivity index (χ4n) is 0.409. The lowest BCUT2D eigenvalue weighted by molar-refractivity contribution is -0.136. The lowest BCUT2D eigenvalue weighted by atomic mass is 10.5. The van der Waals surface area contributed by atoms with E-state index in [-0.39, 0.29) is 5.34 Å². The second kappa shape index (κ2) is 25.4. The quantitative estimate of drug-likeness (QED) is 0.281. The third-order valence-electron chi connectivity index (χ3n) is 1.11. The maximum atomic E-state index is 10.2. The van der Waals surface area contributed by atoms with Crippen molar-refractivity contribution in [3.63, 3.8) is 0 Å². The first-order valence-corrected chi connectivity index (χ1v) is 9.53. The van der Waals surface area contributed by atoms with Crippen LogP contribution in [0.4, 0.5) is 0 Å². The number of alkyl halides is 2. The zero-order valence-electron chi connectivity index (χ0n) is 12.6. The molecule has 25 heavy (non-hydrogen) atoms. The number of carbonyl (C=O) groups is 4. The summed E-state index contributed by atoms with van der Waals surface area (Å²) >= 11 is 14.4. The fourth-order valence-corrected chi connectivity index (χ4v) is 0.472. The predicted molar refractivity (Wildman–Crippen MR) is 97.2 cm³/mol. The third-order valence-corrected chi connectivity index (χ3v) is 1.24. The van der Waals surface area contributed by atoms with Crippen molar-refractivity contribution in [1.29, 1.82) is 0 Å². The molecular weight excluding hydrogens is 469 g/mol. The van der Waals surface area contributed by atoms with Crippen LogP contribution in [0.3, 0.4) is 0 Å². The molecule has 146 valence electrons. The molecule has 0 aliphatic rings. The molecule has 0 radical (unpaired) electrons. The van der Waals surface area contributed by atoms with Gasteiger partial charge in [-0.1, -0.05) is 0 Å². The van der Waals surface area contributed by atoms with E-state index in [2.05, 4.69) is 30.8 Å². The largest absolute Gasteiger partial charge is 0.478 e. The molecule has 1 N–H and O–H groups in total. The number of carbonyl (C=O) groups excluding carboxylic acids is 3. The Morgan fingerprint density at radius 1 is 0.920 bits per heavy atom. The van der Waals surface area contributed by atoms with Gasteiger partial charge in [-0.25, -0.2) is 18.6 Å². The zero-order chi connectivity index (χ0) is 20.8. The second-order valence-electron chi connectivity index (χ2n) is 2.64. The van der Waals surface area contributed by atoms with Gasteiger partial charge >= 0.3 is 17.9 Å². The number of esters is 2. The van der Waals surface area contributed by atoms with E-state index in [4.69, 9.17) is 44.1 Å². The number of hydrogen-bond donors (Lipinski definition) is 1. The summed E-state index contributed by atoms with van der Waals surface area (Å²) in [4.78, 5) is 40.0. The maximum Gasteiger partial charge on any atom is 0.330 e. The van der Waals surface area contributed by atoms with Crippen molar-refractivity contribution in [1.82, 2.24) is 0 Å². The summed E-state index contributed by atoms with van der Waals surface area (Å²) in [5.74, 6) is -2.43. The highest BCUT2D eigenvalue weighted by Crippen LogP contribution is 1.89. The van der Waals surface area contributed by atoms with E-state index in [1.165, 1.54) is 14.2 Å². The van der Waals surface area contributed by atoms with Crippen LogP contribution in [0.5, 0.6) is 0 Å². The van der Waals surface area contributed by atoms with E-state index in [0.717, 1.165) is 18.2 Å². The Hall–Kier alpha value is -0.840. The maximum absolute atomic E-state index is 10.2. The van der Waals surface area contributed by atoms with Gasteiger partial charge in [-0.2, -0.15) is 0 Å². The number of aliphatic carboxylic acids is 1. The Bertz CT molecular complexity index is 441. The molecular formula is C11H13Cl5O8S. The first kappa shape index (κ1) is 31.9. The minimum absolute atomic E-state index is 0.194. The molecule has 0 bridgehead atoms. The average molecular weight is 483 g/mol. The molecule has 0 atom stereocenters. The van der Waals surface area contributed by atoms with Crippen molar-refractivity contribution in [3.05, 3.63) is 24.3 Å². The predicted octanol–water partition coefficient (Wildman–Crippen LogP) is 2.75. The number of carboxylic acid groups (broad SMARTS) is 1. The minimum atomic E-state index is -1.67. The molecule has 0 saturated carbocycles. The molecule has 0 unspecified atom stereocenters. The normalized spacial score (nSPS) is 8.96. The van der Waals surface area contributed by atoms with Crippen molar-refractivity contribution < 1.29 is 38.0 Å². The van der Waals surface area contributed by atoms with E-state index in [1.807, 2.05) is 0 Å². The molecule has 0 rings (SSSR count). The van der Waals surface area contributed by atoms with Gasteiger partial charge in [0.25, 0.3) is 0 Å². The van der Waals surface area contributed by atoms with Gasteiger partial charge in [0.15, 0.2) is 0 Å².